The van der Waals surface area contributed by atoms with E-state index < -0.39 is 17.9 Å². The van der Waals surface area contributed by atoms with Crippen LogP contribution in [0.5, 0.6) is 5.75 Å². The van der Waals surface area contributed by atoms with E-state index in [1.54, 1.807) is 0 Å². The number of ether oxygens (including phenoxy) is 2. The summed E-state index contributed by atoms with van der Waals surface area (Å²) < 4.78 is 9.15. The Balaban J connectivity index is 2.23. The van der Waals surface area contributed by atoms with Crippen molar-refractivity contribution in [2.45, 2.75) is 6.42 Å². The molecule has 1 N–H and O–H groups in total. The van der Waals surface area contributed by atoms with Gasteiger partial charge >= 0.3 is 11.9 Å². The molecule has 1 atom stereocenters. The summed E-state index contributed by atoms with van der Waals surface area (Å²) in [7, 11) is 2.48. The molecule has 1 heterocycles. The molecule has 7 nitrogen and oxygen atoms in total. The quantitative estimate of drug-likeness (QED) is 0.825. The summed E-state index contributed by atoms with van der Waals surface area (Å²) in [6.45, 7) is 0.183. The summed E-state index contributed by atoms with van der Waals surface area (Å²) in [5.74, 6) is -2.16. The summed E-state index contributed by atoms with van der Waals surface area (Å²) >= 11 is 0. The maximum absolute atomic E-state index is 11.9. The number of aromatic hydroxyl groups is 1. The second-order valence-electron chi connectivity index (χ2n) is 4.62. The molecular weight excluding hydrogens is 278 g/mol. The first kappa shape index (κ1) is 14.8. The van der Waals surface area contributed by atoms with Crippen LogP contribution in [0.4, 0.5) is 5.69 Å². The lowest BCUT2D eigenvalue weighted by molar-refractivity contribution is -0.145. The molecule has 1 saturated heterocycles. The van der Waals surface area contributed by atoms with Crippen molar-refractivity contribution in [1.82, 2.24) is 0 Å². The number of phenolic OH excluding ortho intramolecular Hbond substituents is 1. The van der Waals surface area contributed by atoms with Gasteiger partial charge in [-0.1, -0.05) is 0 Å². The van der Waals surface area contributed by atoms with E-state index in [0.29, 0.717) is 5.69 Å². The molecule has 1 unspecified atom stereocenters. The monoisotopic (exact) mass is 293 g/mol. The van der Waals surface area contributed by atoms with Gasteiger partial charge in [-0.05, 0) is 12.1 Å². The molecule has 2 rings (SSSR count). The molecule has 0 saturated carbocycles. The zero-order valence-corrected chi connectivity index (χ0v) is 11.7. The maximum atomic E-state index is 11.9. The Morgan fingerprint density at radius 3 is 2.57 bits per heavy atom. The normalized spacial score (nSPS) is 17.7. The number of hydrogen-bond donors (Lipinski definition) is 1. The van der Waals surface area contributed by atoms with Crippen molar-refractivity contribution >= 4 is 23.5 Å². The van der Waals surface area contributed by atoms with Gasteiger partial charge in [-0.3, -0.25) is 9.59 Å². The van der Waals surface area contributed by atoms with E-state index in [9.17, 15) is 19.5 Å². The van der Waals surface area contributed by atoms with Gasteiger partial charge in [0.05, 0.1) is 20.1 Å². The SMILES string of the molecule is COC(=O)c1ccc(N2CC(C(=O)OC)CC2=O)cc1O. The Morgan fingerprint density at radius 1 is 1.29 bits per heavy atom. The zero-order valence-electron chi connectivity index (χ0n) is 11.7. The van der Waals surface area contributed by atoms with Gasteiger partial charge in [-0.15, -0.1) is 0 Å². The Kier molecular flexibility index (Phi) is 4.11. The minimum atomic E-state index is -0.667. The number of nitrogens with zero attached hydrogens (tertiary/aromatic N) is 1. The number of rotatable bonds is 3. The first-order chi connectivity index (χ1) is 9.97. The fourth-order valence-electron chi connectivity index (χ4n) is 2.25. The van der Waals surface area contributed by atoms with Crippen molar-refractivity contribution < 1.29 is 29.0 Å². The van der Waals surface area contributed by atoms with E-state index in [-0.39, 0.29) is 30.2 Å². The van der Waals surface area contributed by atoms with Gasteiger partial charge in [-0.25, -0.2) is 4.79 Å². The van der Waals surface area contributed by atoms with Gasteiger partial charge in [0.1, 0.15) is 11.3 Å². The topological polar surface area (TPSA) is 93.1 Å². The Bertz CT molecular complexity index is 597. The van der Waals surface area contributed by atoms with Crippen molar-refractivity contribution in [1.29, 1.82) is 0 Å². The first-order valence-corrected chi connectivity index (χ1v) is 6.27. The van der Waals surface area contributed by atoms with Gasteiger partial charge in [-0.2, -0.15) is 0 Å². The van der Waals surface area contributed by atoms with Gasteiger partial charge in [0.2, 0.25) is 5.91 Å². The number of carbonyl (C=O) groups is 3. The van der Waals surface area contributed by atoms with Crippen molar-refractivity contribution in [2.24, 2.45) is 5.92 Å². The summed E-state index contributed by atoms with van der Waals surface area (Å²) in [4.78, 5) is 36.2. The molecule has 0 aromatic heterocycles. The number of hydrogen-bond acceptors (Lipinski definition) is 6. The van der Waals surface area contributed by atoms with Crippen LogP contribution in [0.15, 0.2) is 18.2 Å². The summed E-state index contributed by atoms with van der Waals surface area (Å²) in [6.07, 6.45) is 0.0617. The molecule has 7 heteroatoms. The van der Waals surface area contributed by atoms with Gasteiger partial charge < -0.3 is 19.5 Å². The first-order valence-electron chi connectivity index (χ1n) is 6.27. The van der Waals surface area contributed by atoms with Crippen LogP contribution in [0.25, 0.3) is 0 Å². The fourth-order valence-corrected chi connectivity index (χ4v) is 2.25. The van der Waals surface area contributed by atoms with Crippen molar-refractivity contribution in [3.8, 4) is 5.75 Å². The van der Waals surface area contributed by atoms with Crippen LogP contribution in [0, 0.1) is 5.92 Å². The van der Waals surface area contributed by atoms with Crippen LogP contribution >= 0.6 is 0 Å². The largest absolute Gasteiger partial charge is 0.507 e. The van der Waals surface area contributed by atoms with Crippen molar-refractivity contribution in [3.05, 3.63) is 23.8 Å². The number of methoxy groups -OCH3 is 2. The number of phenols is 1. The van der Waals surface area contributed by atoms with Gasteiger partial charge in [0.25, 0.3) is 0 Å². The highest BCUT2D eigenvalue weighted by atomic mass is 16.5. The molecule has 1 fully saturated rings. The Hall–Kier alpha value is -2.57. The molecule has 1 aliphatic rings. The molecule has 0 radical (unpaired) electrons. The molecule has 112 valence electrons. The third kappa shape index (κ3) is 2.81. The zero-order chi connectivity index (χ0) is 15.6. The molecular formula is C14H15NO6. The van der Waals surface area contributed by atoms with E-state index in [2.05, 4.69) is 9.47 Å². The van der Waals surface area contributed by atoms with E-state index in [4.69, 9.17) is 0 Å². The minimum absolute atomic E-state index is 0.0115. The molecule has 0 bridgehead atoms. The van der Waals surface area contributed by atoms with Crippen molar-refractivity contribution in [3.63, 3.8) is 0 Å². The smallest absolute Gasteiger partial charge is 0.341 e. The lowest BCUT2D eigenvalue weighted by Crippen LogP contribution is -2.26. The van der Waals surface area contributed by atoms with Crippen molar-refractivity contribution in [2.75, 3.05) is 25.7 Å². The van der Waals surface area contributed by atoms with Crippen LogP contribution in [0.1, 0.15) is 16.8 Å². The van der Waals surface area contributed by atoms with E-state index >= 15 is 0 Å². The van der Waals surface area contributed by atoms with Crippen LogP contribution in [-0.4, -0.2) is 43.7 Å². The summed E-state index contributed by atoms with van der Waals surface area (Å²) in [5, 5.41) is 9.83. The molecule has 1 amide bonds. The molecule has 0 aliphatic carbocycles. The third-order valence-corrected chi connectivity index (χ3v) is 3.36. The lowest BCUT2D eigenvalue weighted by Gasteiger charge is -2.17. The average Bonchev–Trinajstić information content (AvgIpc) is 2.87. The van der Waals surface area contributed by atoms with E-state index in [1.165, 1.54) is 37.3 Å². The summed E-state index contributed by atoms with van der Waals surface area (Å²) in [5.41, 5.74) is 0.425. The number of esters is 2. The maximum Gasteiger partial charge on any atom is 0.341 e. The highest BCUT2D eigenvalue weighted by molar-refractivity contribution is 6.00. The molecule has 0 spiro atoms. The minimum Gasteiger partial charge on any atom is -0.507 e. The number of carbonyl (C=O) groups excluding carboxylic acids is 3. The lowest BCUT2D eigenvalue weighted by atomic mass is 10.1. The standard InChI is InChI=1S/C14H15NO6/c1-20-13(18)8-5-12(17)15(7-8)9-3-4-10(11(16)6-9)14(19)21-2/h3-4,6,8,16H,5,7H2,1-2H3. The van der Waals surface area contributed by atoms with Crippen LogP contribution < -0.4 is 4.90 Å². The fraction of sp³-hybridized carbons (Fsp3) is 0.357. The van der Waals surface area contributed by atoms with E-state index in [0.717, 1.165) is 0 Å². The number of benzene rings is 1. The number of anilines is 1. The van der Waals surface area contributed by atoms with Gasteiger partial charge in [0.15, 0.2) is 0 Å². The van der Waals surface area contributed by atoms with Crippen LogP contribution in [-0.2, 0) is 19.1 Å². The van der Waals surface area contributed by atoms with E-state index in [1.807, 2.05) is 0 Å². The Labute approximate surface area is 121 Å². The second-order valence-corrected chi connectivity index (χ2v) is 4.62. The van der Waals surface area contributed by atoms with Crippen LogP contribution in [0.3, 0.4) is 0 Å². The summed E-state index contributed by atoms with van der Waals surface area (Å²) in [6, 6.07) is 4.18. The number of amides is 1. The molecule has 1 aromatic carbocycles. The molecule has 21 heavy (non-hydrogen) atoms. The molecule has 1 aliphatic heterocycles. The highest BCUT2D eigenvalue weighted by Gasteiger charge is 2.36. The Morgan fingerprint density at radius 2 is 2.00 bits per heavy atom. The third-order valence-electron chi connectivity index (χ3n) is 3.36. The molecule has 1 aromatic rings. The van der Waals surface area contributed by atoms with Crippen LogP contribution in [0.2, 0.25) is 0 Å². The predicted molar refractivity (Wildman–Crippen MR) is 71.9 cm³/mol. The van der Waals surface area contributed by atoms with Gasteiger partial charge in [0, 0.05) is 24.7 Å². The predicted octanol–water partition coefficient (Wildman–Crippen LogP) is 0.705. The second kappa shape index (κ2) is 5.82. The highest BCUT2D eigenvalue weighted by Crippen LogP contribution is 2.30. The average molecular weight is 293 g/mol.